The number of aromatic nitrogens is 1. The summed E-state index contributed by atoms with van der Waals surface area (Å²) >= 11 is 5.81. The Morgan fingerprint density at radius 1 is 1.26 bits per heavy atom. The highest BCUT2D eigenvalue weighted by molar-refractivity contribution is 6.30. The molecule has 7 heteroatoms. The average Bonchev–Trinajstić information content (AvgIpc) is 2.49. The average molecular weight is 340 g/mol. The lowest BCUT2D eigenvalue weighted by atomic mass is 9.83. The molecule has 1 aromatic rings. The van der Waals surface area contributed by atoms with Crippen LogP contribution in [-0.2, 0) is 9.53 Å². The van der Waals surface area contributed by atoms with Gasteiger partial charge in [-0.3, -0.25) is 4.79 Å². The van der Waals surface area contributed by atoms with Gasteiger partial charge in [-0.25, -0.2) is 9.78 Å². The van der Waals surface area contributed by atoms with Gasteiger partial charge >= 0.3 is 5.97 Å². The summed E-state index contributed by atoms with van der Waals surface area (Å²) in [5, 5.41) is 3.18. The molecule has 3 N–H and O–H groups in total. The van der Waals surface area contributed by atoms with Crippen LogP contribution in [0.4, 0.5) is 5.69 Å². The zero-order chi connectivity index (χ0) is 16.9. The summed E-state index contributed by atoms with van der Waals surface area (Å²) in [4.78, 5) is 28.9. The Morgan fingerprint density at radius 3 is 2.43 bits per heavy atom. The smallest absolute Gasteiger partial charge is 0.331 e. The Hall–Kier alpha value is -1.82. The van der Waals surface area contributed by atoms with E-state index in [2.05, 4.69) is 10.3 Å². The molecule has 0 radical (unpaired) electrons. The summed E-state index contributed by atoms with van der Waals surface area (Å²) in [6.07, 6.45) is 7.41. The van der Waals surface area contributed by atoms with Gasteiger partial charge in [0.05, 0.1) is 17.8 Å². The number of esters is 1. The number of rotatable bonds is 3. The maximum atomic E-state index is 12.6. The van der Waals surface area contributed by atoms with E-state index in [1.807, 2.05) is 0 Å². The van der Waals surface area contributed by atoms with Crippen molar-refractivity contribution in [3.8, 4) is 0 Å². The number of halogens is 1. The van der Waals surface area contributed by atoms with Gasteiger partial charge in [-0.2, -0.15) is 0 Å². The van der Waals surface area contributed by atoms with Gasteiger partial charge in [0.25, 0.3) is 5.91 Å². The third kappa shape index (κ3) is 4.13. The maximum Gasteiger partial charge on any atom is 0.331 e. The molecular formula is C16H22ClN3O3. The van der Waals surface area contributed by atoms with Gasteiger partial charge in [-0.05, 0) is 18.9 Å². The van der Waals surface area contributed by atoms with Gasteiger partial charge < -0.3 is 15.8 Å². The van der Waals surface area contributed by atoms with E-state index in [1.54, 1.807) is 0 Å². The molecule has 1 saturated carbocycles. The maximum absolute atomic E-state index is 12.6. The van der Waals surface area contributed by atoms with Gasteiger partial charge in [0.1, 0.15) is 5.54 Å². The predicted molar refractivity (Wildman–Crippen MR) is 88.2 cm³/mol. The number of anilines is 1. The van der Waals surface area contributed by atoms with Crippen LogP contribution < -0.4 is 11.1 Å². The van der Waals surface area contributed by atoms with Crippen molar-refractivity contribution in [2.24, 2.45) is 0 Å². The summed E-state index contributed by atoms with van der Waals surface area (Å²) in [6.45, 7) is 0. The zero-order valence-corrected chi connectivity index (χ0v) is 14.0. The minimum Gasteiger partial charge on any atom is -0.467 e. The quantitative estimate of drug-likeness (QED) is 0.826. The molecule has 0 unspecified atom stereocenters. The van der Waals surface area contributed by atoms with E-state index in [0.29, 0.717) is 17.9 Å². The van der Waals surface area contributed by atoms with E-state index >= 15 is 0 Å². The van der Waals surface area contributed by atoms with Crippen LogP contribution in [0.2, 0.25) is 5.02 Å². The van der Waals surface area contributed by atoms with Crippen LogP contribution in [0, 0.1) is 0 Å². The number of nitrogens with two attached hydrogens (primary N) is 1. The highest BCUT2D eigenvalue weighted by atomic mass is 35.5. The van der Waals surface area contributed by atoms with E-state index < -0.39 is 17.4 Å². The van der Waals surface area contributed by atoms with Gasteiger partial charge in [0.15, 0.2) is 5.69 Å². The first-order valence-corrected chi connectivity index (χ1v) is 8.18. The number of carbonyl (C=O) groups is 2. The Bertz CT molecular complexity index is 584. The molecule has 126 valence electrons. The van der Waals surface area contributed by atoms with Crippen LogP contribution in [0.25, 0.3) is 0 Å². The monoisotopic (exact) mass is 339 g/mol. The molecule has 0 aromatic carbocycles. The van der Waals surface area contributed by atoms with Crippen LogP contribution in [0.3, 0.4) is 0 Å². The lowest BCUT2D eigenvalue weighted by molar-refractivity contribution is -0.149. The van der Waals surface area contributed by atoms with Crippen molar-refractivity contribution in [3.63, 3.8) is 0 Å². The number of hydrogen-bond acceptors (Lipinski definition) is 5. The van der Waals surface area contributed by atoms with Gasteiger partial charge in [0.2, 0.25) is 0 Å². The van der Waals surface area contributed by atoms with E-state index in [-0.39, 0.29) is 11.4 Å². The molecule has 1 aromatic heterocycles. The number of hydrogen-bond donors (Lipinski definition) is 2. The number of ether oxygens (including phenoxy) is 1. The Labute approximate surface area is 140 Å². The van der Waals surface area contributed by atoms with Crippen LogP contribution in [0.5, 0.6) is 0 Å². The summed E-state index contributed by atoms with van der Waals surface area (Å²) < 4.78 is 4.95. The van der Waals surface area contributed by atoms with Crippen molar-refractivity contribution in [3.05, 3.63) is 23.0 Å². The molecule has 1 aliphatic carbocycles. The molecule has 0 bridgehead atoms. The summed E-state index contributed by atoms with van der Waals surface area (Å²) in [5.41, 5.74) is 5.05. The lowest BCUT2D eigenvalue weighted by Gasteiger charge is -2.33. The standard InChI is InChI=1S/C16H22ClN3O3/c1-23-15(22)16(7-5-3-2-4-6-8-16)20-14(21)13-12(18)9-11(17)10-19-13/h9-10H,2-8,18H2,1H3,(H,20,21). The number of nitrogens with one attached hydrogen (secondary N) is 1. The normalized spacial score (nSPS) is 17.7. The molecule has 0 saturated heterocycles. The van der Waals surface area contributed by atoms with E-state index in [9.17, 15) is 9.59 Å². The number of amides is 1. The van der Waals surface area contributed by atoms with Crippen LogP contribution in [0.1, 0.15) is 55.4 Å². The lowest BCUT2D eigenvalue weighted by Crippen LogP contribution is -2.55. The summed E-state index contributed by atoms with van der Waals surface area (Å²) in [5.74, 6) is -0.898. The number of carbonyl (C=O) groups excluding carboxylic acids is 2. The highest BCUT2D eigenvalue weighted by Gasteiger charge is 2.41. The molecule has 0 spiro atoms. The van der Waals surface area contributed by atoms with Crippen LogP contribution in [-0.4, -0.2) is 29.5 Å². The second-order valence-electron chi connectivity index (χ2n) is 5.89. The largest absolute Gasteiger partial charge is 0.467 e. The van der Waals surface area contributed by atoms with Crippen molar-refractivity contribution < 1.29 is 14.3 Å². The van der Waals surface area contributed by atoms with Gasteiger partial charge in [-0.15, -0.1) is 0 Å². The topological polar surface area (TPSA) is 94.3 Å². The molecule has 1 amide bonds. The van der Waals surface area contributed by atoms with Gasteiger partial charge in [0, 0.05) is 6.20 Å². The number of methoxy groups -OCH3 is 1. The zero-order valence-electron chi connectivity index (χ0n) is 13.2. The number of nitrogen functional groups attached to an aromatic ring is 1. The molecule has 1 aliphatic rings. The minimum absolute atomic E-state index is 0.0692. The van der Waals surface area contributed by atoms with Crippen LogP contribution >= 0.6 is 11.6 Å². The molecular weight excluding hydrogens is 318 g/mol. The molecule has 0 aliphatic heterocycles. The van der Waals surface area contributed by atoms with Crippen molar-refractivity contribution in [2.45, 2.75) is 50.5 Å². The SMILES string of the molecule is COC(=O)C1(NC(=O)c2ncc(Cl)cc2N)CCCCCCC1. The van der Waals surface area contributed by atoms with Gasteiger partial charge in [-0.1, -0.05) is 43.7 Å². The Morgan fingerprint density at radius 2 is 1.87 bits per heavy atom. The first-order chi connectivity index (χ1) is 11.0. The predicted octanol–water partition coefficient (Wildman–Crippen LogP) is 2.70. The molecule has 1 fully saturated rings. The fourth-order valence-electron chi connectivity index (χ4n) is 3.01. The second kappa shape index (κ2) is 7.64. The fourth-order valence-corrected chi connectivity index (χ4v) is 3.17. The van der Waals surface area contributed by atoms with Crippen molar-refractivity contribution in [1.29, 1.82) is 0 Å². The van der Waals surface area contributed by atoms with E-state index in [4.69, 9.17) is 22.1 Å². The third-order valence-corrected chi connectivity index (χ3v) is 4.44. The third-order valence-electron chi connectivity index (χ3n) is 4.23. The van der Waals surface area contributed by atoms with Crippen LogP contribution in [0.15, 0.2) is 12.3 Å². The Balaban J connectivity index is 2.25. The minimum atomic E-state index is -1.01. The van der Waals surface area contributed by atoms with Crippen molar-refractivity contribution in [2.75, 3.05) is 12.8 Å². The second-order valence-corrected chi connectivity index (χ2v) is 6.32. The Kier molecular flexibility index (Phi) is 5.82. The molecule has 6 nitrogen and oxygen atoms in total. The fraction of sp³-hybridized carbons (Fsp3) is 0.562. The van der Waals surface area contributed by atoms with E-state index in [0.717, 1.165) is 32.1 Å². The van der Waals surface area contributed by atoms with Crippen molar-refractivity contribution in [1.82, 2.24) is 10.3 Å². The van der Waals surface area contributed by atoms with E-state index in [1.165, 1.54) is 19.4 Å². The number of nitrogens with zero attached hydrogens (tertiary/aromatic N) is 1. The molecule has 2 rings (SSSR count). The summed E-state index contributed by atoms with van der Waals surface area (Å²) in [7, 11) is 1.34. The first-order valence-electron chi connectivity index (χ1n) is 7.80. The highest BCUT2D eigenvalue weighted by Crippen LogP contribution is 2.28. The molecule has 23 heavy (non-hydrogen) atoms. The molecule has 0 atom stereocenters. The first kappa shape index (κ1) is 17.5. The summed E-state index contributed by atoms with van der Waals surface area (Å²) in [6, 6.07) is 1.46. The van der Waals surface area contributed by atoms with Crippen molar-refractivity contribution >= 4 is 29.2 Å². The number of pyridine rings is 1. The molecule has 1 heterocycles.